The van der Waals surface area contributed by atoms with Crippen LogP contribution in [-0.2, 0) is 32.1 Å². The second kappa shape index (κ2) is 13.2. The molecule has 0 aliphatic heterocycles. The first-order chi connectivity index (χ1) is 17.7. The van der Waals surface area contributed by atoms with E-state index in [1.54, 1.807) is 6.92 Å². The highest BCUT2D eigenvalue weighted by atomic mass is 16.2. The maximum atomic E-state index is 12.8. The summed E-state index contributed by atoms with van der Waals surface area (Å²) in [5, 5.41) is 7.79. The smallest absolute Gasteiger partial charge is 0.222 e. The SMILES string of the molecule is C[C@@H](CC(=O)NCc1cccc2ccccc12)C(C(N)=O)C(CC(N)=O)NC(=O)CCc1ccccc1. The van der Waals surface area contributed by atoms with Gasteiger partial charge in [0.2, 0.25) is 23.6 Å². The highest BCUT2D eigenvalue weighted by molar-refractivity contribution is 5.87. The lowest BCUT2D eigenvalue weighted by molar-refractivity contribution is -0.128. The molecule has 37 heavy (non-hydrogen) atoms. The second-order valence-electron chi connectivity index (χ2n) is 9.35. The van der Waals surface area contributed by atoms with Crippen molar-refractivity contribution in [2.45, 2.75) is 45.2 Å². The second-order valence-corrected chi connectivity index (χ2v) is 9.35. The van der Waals surface area contributed by atoms with Crippen LogP contribution in [0.15, 0.2) is 72.8 Å². The van der Waals surface area contributed by atoms with E-state index in [0.717, 1.165) is 21.9 Å². The maximum Gasteiger partial charge on any atom is 0.222 e. The summed E-state index contributed by atoms with van der Waals surface area (Å²) in [4.78, 5) is 49.6. The van der Waals surface area contributed by atoms with Crippen LogP contribution in [0, 0.1) is 11.8 Å². The summed E-state index contributed by atoms with van der Waals surface area (Å²) >= 11 is 0. The fraction of sp³-hybridized carbons (Fsp3) is 0.310. The highest BCUT2D eigenvalue weighted by Crippen LogP contribution is 2.23. The van der Waals surface area contributed by atoms with Gasteiger partial charge in [0.15, 0.2) is 0 Å². The highest BCUT2D eigenvalue weighted by Gasteiger charge is 2.34. The number of fused-ring (bicyclic) bond motifs is 1. The van der Waals surface area contributed by atoms with Gasteiger partial charge in [-0.1, -0.05) is 79.7 Å². The minimum atomic E-state index is -0.948. The Morgan fingerprint density at radius 2 is 1.49 bits per heavy atom. The minimum Gasteiger partial charge on any atom is -0.370 e. The van der Waals surface area contributed by atoms with Crippen LogP contribution < -0.4 is 22.1 Å². The zero-order chi connectivity index (χ0) is 26.8. The van der Waals surface area contributed by atoms with Crippen molar-refractivity contribution in [1.29, 1.82) is 0 Å². The Balaban J connectivity index is 1.63. The Kier molecular flexibility index (Phi) is 9.77. The lowest BCUT2D eigenvalue weighted by atomic mass is 9.82. The molecule has 8 heteroatoms. The molecule has 6 N–H and O–H groups in total. The molecule has 0 aliphatic rings. The largest absolute Gasteiger partial charge is 0.370 e. The minimum absolute atomic E-state index is 0.00643. The standard InChI is InChI=1S/C29H34N4O4/c1-19(16-27(36)32-18-22-12-7-11-21-10-5-6-13-23(21)22)28(29(31)37)24(17-25(30)34)33-26(35)15-14-20-8-3-2-4-9-20/h2-13,19,24,28H,14-18H2,1H3,(H2,30,34)(H2,31,37)(H,32,36)(H,33,35)/t19-,24?,28?/m0/s1. The number of aryl methyl sites for hydroxylation is 1. The van der Waals surface area contributed by atoms with Crippen molar-refractivity contribution < 1.29 is 19.2 Å². The van der Waals surface area contributed by atoms with Gasteiger partial charge in [0.25, 0.3) is 0 Å². The van der Waals surface area contributed by atoms with Crippen molar-refractivity contribution in [3.63, 3.8) is 0 Å². The van der Waals surface area contributed by atoms with Gasteiger partial charge in [0.05, 0.1) is 5.92 Å². The zero-order valence-corrected chi connectivity index (χ0v) is 21.0. The number of primary amides is 2. The molecule has 0 saturated carbocycles. The summed E-state index contributed by atoms with van der Waals surface area (Å²) in [6.45, 7) is 2.03. The van der Waals surface area contributed by atoms with Crippen molar-refractivity contribution in [1.82, 2.24) is 10.6 Å². The third-order valence-corrected chi connectivity index (χ3v) is 6.49. The molecule has 0 radical (unpaired) electrons. The normalized spacial score (nSPS) is 13.3. The molecule has 0 saturated heterocycles. The van der Waals surface area contributed by atoms with E-state index >= 15 is 0 Å². The Hall–Kier alpha value is -4.20. The molecule has 4 amide bonds. The summed E-state index contributed by atoms with van der Waals surface area (Å²) in [5.74, 6) is -3.45. The first-order valence-electron chi connectivity index (χ1n) is 12.4. The molecule has 0 aromatic heterocycles. The van der Waals surface area contributed by atoms with E-state index in [0.29, 0.717) is 13.0 Å². The summed E-state index contributed by atoms with van der Waals surface area (Å²) in [5.41, 5.74) is 13.1. The molecule has 0 fully saturated rings. The fourth-order valence-electron chi connectivity index (χ4n) is 4.67. The number of carbonyl (C=O) groups excluding carboxylic acids is 4. The fourth-order valence-corrected chi connectivity index (χ4v) is 4.67. The van der Waals surface area contributed by atoms with Crippen molar-refractivity contribution in [3.8, 4) is 0 Å². The Morgan fingerprint density at radius 3 is 2.19 bits per heavy atom. The average molecular weight is 503 g/mol. The molecular weight excluding hydrogens is 468 g/mol. The van der Waals surface area contributed by atoms with Gasteiger partial charge in [-0.15, -0.1) is 0 Å². The quantitative estimate of drug-likeness (QED) is 0.285. The molecular formula is C29H34N4O4. The molecule has 3 aromatic rings. The van der Waals surface area contributed by atoms with E-state index in [1.165, 1.54) is 0 Å². The Morgan fingerprint density at radius 1 is 0.811 bits per heavy atom. The summed E-state index contributed by atoms with van der Waals surface area (Å²) in [6, 6.07) is 22.4. The Labute approximate surface area is 216 Å². The van der Waals surface area contributed by atoms with E-state index < -0.39 is 29.7 Å². The van der Waals surface area contributed by atoms with Crippen molar-refractivity contribution in [3.05, 3.63) is 83.9 Å². The first kappa shape index (κ1) is 27.4. The van der Waals surface area contributed by atoms with Crippen LogP contribution in [0.2, 0.25) is 0 Å². The van der Waals surface area contributed by atoms with Gasteiger partial charge in [0, 0.05) is 31.8 Å². The molecule has 0 spiro atoms. The van der Waals surface area contributed by atoms with Crippen molar-refractivity contribution >= 4 is 34.4 Å². The maximum absolute atomic E-state index is 12.8. The van der Waals surface area contributed by atoms with E-state index in [-0.39, 0.29) is 31.1 Å². The molecule has 2 unspecified atom stereocenters. The predicted molar refractivity (Wildman–Crippen MR) is 143 cm³/mol. The number of nitrogens with two attached hydrogens (primary N) is 2. The van der Waals surface area contributed by atoms with Crippen molar-refractivity contribution in [2.75, 3.05) is 0 Å². The van der Waals surface area contributed by atoms with Crippen LogP contribution in [0.4, 0.5) is 0 Å². The number of carbonyl (C=O) groups is 4. The molecule has 3 rings (SSSR count). The van der Waals surface area contributed by atoms with Crippen molar-refractivity contribution in [2.24, 2.45) is 23.3 Å². The first-order valence-corrected chi connectivity index (χ1v) is 12.4. The van der Waals surface area contributed by atoms with Crippen LogP contribution in [-0.4, -0.2) is 29.7 Å². The number of amides is 4. The van der Waals surface area contributed by atoms with E-state index in [1.807, 2.05) is 72.8 Å². The molecule has 0 bridgehead atoms. The molecule has 8 nitrogen and oxygen atoms in total. The molecule has 3 aromatic carbocycles. The Bertz CT molecular complexity index is 1240. The third-order valence-electron chi connectivity index (χ3n) is 6.49. The summed E-state index contributed by atoms with van der Waals surface area (Å²) < 4.78 is 0. The summed E-state index contributed by atoms with van der Waals surface area (Å²) in [6.07, 6.45) is 0.411. The molecule has 0 aliphatic carbocycles. The van der Waals surface area contributed by atoms with Gasteiger partial charge in [0.1, 0.15) is 0 Å². The van der Waals surface area contributed by atoms with Gasteiger partial charge in [-0.3, -0.25) is 19.2 Å². The van der Waals surface area contributed by atoms with Crippen LogP contribution in [0.25, 0.3) is 10.8 Å². The lowest BCUT2D eigenvalue weighted by Crippen LogP contribution is -2.50. The molecule has 194 valence electrons. The third kappa shape index (κ3) is 8.17. The predicted octanol–water partition coefficient (Wildman–Crippen LogP) is 2.58. The zero-order valence-electron chi connectivity index (χ0n) is 21.0. The number of nitrogens with one attached hydrogen (secondary N) is 2. The van der Waals surface area contributed by atoms with Crippen LogP contribution in [0.1, 0.15) is 37.3 Å². The lowest BCUT2D eigenvalue weighted by Gasteiger charge is -2.29. The topological polar surface area (TPSA) is 144 Å². The van der Waals surface area contributed by atoms with Crippen LogP contribution in [0.5, 0.6) is 0 Å². The average Bonchev–Trinajstić information content (AvgIpc) is 2.86. The molecule has 0 heterocycles. The van der Waals surface area contributed by atoms with Crippen LogP contribution in [0.3, 0.4) is 0 Å². The number of benzene rings is 3. The number of hydrogen-bond acceptors (Lipinski definition) is 4. The van der Waals surface area contributed by atoms with E-state index in [2.05, 4.69) is 10.6 Å². The van der Waals surface area contributed by atoms with Gasteiger partial charge >= 0.3 is 0 Å². The van der Waals surface area contributed by atoms with E-state index in [9.17, 15) is 19.2 Å². The molecule has 3 atom stereocenters. The van der Waals surface area contributed by atoms with Gasteiger partial charge < -0.3 is 22.1 Å². The summed E-state index contributed by atoms with van der Waals surface area (Å²) in [7, 11) is 0. The van der Waals surface area contributed by atoms with Gasteiger partial charge in [-0.2, -0.15) is 0 Å². The van der Waals surface area contributed by atoms with Gasteiger partial charge in [-0.05, 0) is 34.2 Å². The number of rotatable bonds is 13. The monoisotopic (exact) mass is 502 g/mol. The van der Waals surface area contributed by atoms with Gasteiger partial charge in [-0.25, -0.2) is 0 Å². The number of hydrogen-bond donors (Lipinski definition) is 4. The van der Waals surface area contributed by atoms with E-state index in [4.69, 9.17) is 11.5 Å². The van der Waals surface area contributed by atoms with Crippen LogP contribution >= 0.6 is 0 Å².